The Morgan fingerprint density at radius 3 is 2.56 bits per heavy atom. The van der Waals surface area contributed by atoms with Crippen molar-refractivity contribution in [3.05, 3.63) is 64.2 Å². The summed E-state index contributed by atoms with van der Waals surface area (Å²) in [6.45, 7) is 4.37. The summed E-state index contributed by atoms with van der Waals surface area (Å²) >= 11 is 6.10. The second-order valence-electron chi connectivity index (χ2n) is 7.99. The lowest BCUT2D eigenvalue weighted by molar-refractivity contribution is -0.123. The Morgan fingerprint density at radius 2 is 1.91 bits per heavy atom. The zero-order valence-electron chi connectivity index (χ0n) is 18.2. The first kappa shape index (κ1) is 23.7. The summed E-state index contributed by atoms with van der Waals surface area (Å²) in [6, 6.07) is 11.4. The Balaban J connectivity index is 1.73. The first-order valence-electron chi connectivity index (χ1n) is 10.4. The van der Waals surface area contributed by atoms with E-state index in [1.165, 1.54) is 13.2 Å². The number of benzene rings is 2. The van der Waals surface area contributed by atoms with Crippen LogP contribution in [-0.2, 0) is 16.1 Å². The van der Waals surface area contributed by atoms with Crippen molar-refractivity contribution in [1.82, 2.24) is 16.2 Å². The Bertz CT molecular complexity index is 1010. The van der Waals surface area contributed by atoms with Crippen LogP contribution in [0.15, 0.2) is 42.5 Å². The van der Waals surface area contributed by atoms with Crippen LogP contribution in [0.25, 0.3) is 0 Å². The number of methoxy groups -OCH3 is 1. The maximum atomic E-state index is 12.6. The van der Waals surface area contributed by atoms with Crippen LogP contribution in [0.5, 0.6) is 0 Å². The fraction of sp³-hybridized carbons (Fsp3) is 0.348. The maximum absolute atomic E-state index is 12.6. The highest BCUT2D eigenvalue weighted by molar-refractivity contribution is 6.34. The molecule has 2 amide bonds. The molecule has 0 aromatic heterocycles. The Labute approximate surface area is 192 Å². The topological polar surface area (TPSA) is 109 Å². The van der Waals surface area contributed by atoms with Gasteiger partial charge in [0.25, 0.3) is 5.91 Å². The van der Waals surface area contributed by atoms with Crippen molar-refractivity contribution >= 4 is 35.1 Å². The van der Waals surface area contributed by atoms with E-state index in [4.69, 9.17) is 16.3 Å². The molecule has 32 heavy (non-hydrogen) atoms. The summed E-state index contributed by atoms with van der Waals surface area (Å²) in [7, 11) is 1.28. The van der Waals surface area contributed by atoms with E-state index in [0.29, 0.717) is 34.2 Å². The van der Waals surface area contributed by atoms with E-state index >= 15 is 0 Å². The van der Waals surface area contributed by atoms with Gasteiger partial charge in [0.2, 0.25) is 5.91 Å². The number of hydrazine groups is 1. The molecule has 2 unspecified atom stereocenters. The lowest BCUT2D eigenvalue weighted by Crippen LogP contribution is -2.43. The van der Waals surface area contributed by atoms with Gasteiger partial charge in [0.15, 0.2) is 0 Å². The van der Waals surface area contributed by atoms with E-state index in [-0.39, 0.29) is 30.1 Å². The molecule has 1 saturated heterocycles. The van der Waals surface area contributed by atoms with Crippen LogP contribution in [0, 0.1) is 5.92 Å². The molecule has 2 aromatic rings. The molecule has 9 heteroatoms. The number of rotatable bonds is 7. The molecule has 0 bridgehead atoms. The third kappa shape index (κ3) is 5.85. The number of ether oxygens (including phenoxy) is 1. The van der Waals surface area contributed by atoms with E-state index in [2.05, 4.69) is 35.3 Å². The van der Waals surface area contributed by atoms with Gasteiger partial charge in [-0.15, -0.1) is 0 Å². The molecule has 1 heterocycles. The van der Waals surface area contributed by atoms with Crippen molar-refractivity contribution in [2.24, 2.45) is 5.92 Å². The summed E-state index contributed by atoms with van der Waals surface area (Å²) in [5, 5.41) is 5.95. The summed E-state index contributed by atoms with van der Waals surface area (Å²) in [5.74, 6) is -0.700. The zero-order valence-corrected chi connectivity index (χ0v) is 19.0. The lowest BCUT2D eigenvalue weighted by Gasteiger charge is -2.14. The molecule has 4 N–H and O–H groups in total. The van der Waals surface area contributed by atoms with E-state index in [1.807, 2.05) is 0 Å². The SMILES string of the molecule is COC(=O)c1cc(CNC(=O)C2CC(C(C)C)NN2)cc(NC(=O)c2ccccc2Cl)c1. The number of halogens is 1. The van der Waals surface area contributed by atoms with Crippen molar-refractivity contribution in [3.63, 3.8) is 0 Å². The van der Waals surface area contributed by atoms with Crippen LogP contribution >= 0.6 is 11.6 Å². The van der Waals surface area contributed by atoms with Gasteiger partial charge in [-0.3, -0.25) is 15.0 Å². The molecule has 1 aliphatic heterocycles. The largest absolute Gasteiger partial charge is 0.465 e. The van der Waals surface area contributed by atoms with Crippen molar-refractivity contribution in [2.45, 2.75) is 38.9 Å². The highest BCUT2D eigenvalue weighted by atomic mass is 35.5. The maximum Gasteiger partial charge on any atom is 0.337 e. The van der Waals surface area contributed by atoms with Gasteiger partial charge < -0.3 is 15.4 Å². The molecule has 0 radical (unpaired) electrons. The van der Waals surface area contributed by atoms with Crippen LogP contribution in [0.1, 0.15) is 46.5 Å². The van der Waals surface area contributed by atoms with E-state index in [1.54, 1.807) is 36.4 Å². The molecule has 8 nitrogen and oxygen atoms in total. The fourth-order valence-electron chi connectivity index (χ4n) is 3.45. The van der Waals surface area contributed by atoms with E-state index in [0.717, 1.165) is 0 Å². The predicted molar refractivity (Wildman–Crippen MR) is 122 cm³/mol. The molecule has 1 fully saturated rings. The molecule has 0 aliphatic carbocycles. The quantitative estimate of drug-likeness (QED) is 0.475. The van der Waals surface area contributed by atoms with Gasteiger partial charge >= 0.3 is 5.97 Å². The zero-order chi connectivity index (χ0) is 23.3. The van der Waals surface area contributed by atoms with Gasteiger partial charge in [-0.2, -0.15) is 0 Å². The van der Waals surface area contributed by atoms with Crippen molar-refractivity contribution < 1.29 is 19.1 Å². The Morgan fingerprint density at radius 1 is 1.16 bits per heavy atom. The Kier molecular flexibility index (Phi) is 7.84. The third-order valence-electron chi connectivity index (χ3n) is 5.31. The van der Waals surface area contributed by atoms with Gasteiger partial charge in [-0.05, 0) is 48.2 Å². The number of nitrogens with one attached hydrogen (secondary N) is 4. The van der Waals surface area contributed by atoms with Crippen LogP contribution in [0.4, 0.5) is 5.69 Å². The van der Waals surface area contributed by atoms with Crippen molar-refractivity contribution in [1.29, 1.82) is 0 Å². The first-order chi connectivity index (χ1) is 15.3. The minimum Gasteiger partial charge on any atom is -0.465 e. The van der Waals surface area contributed by atoms with Crippen LogP contribution in [0.2, 0.25) is 5.02 Å². The minimum atomic E-state index is -0.548. The minimum absolute atomic E-state index is 0.147. The number of amides is 2. The van der Waals surface area contributed by atoms with Gasteiger partial charge in [0.05, 0.1) is 23.3 Å². The number of anilines is 1. The normalized spacial score (nSPS) is 17.8. The summed E-state index contributed by atoms with van der Waals surface area (Å²) in [6.07, 6.45) is 0.685. The first-order valence-corrected chi connectivity index (χ1v) is 10.7. The van der Waals surface area contributed by atoms with Crippen molar-refractivity contribution in [2.75, 3.05) is 12.4 Å². The summed E-state index contributed by atoms with van der Waals surface area (Å²) in [5.41, 5.74) is 7.76. The molecular formula is C23H27ClN4O4. The standard InChI is InChI=1S/C23H27ClN4O4/c1-13(2)19-11-20(28-27-19)22(30)25-12-14-8-15(23(31)32-3)10-16(9-14)26-21(29)17-6-4-5-7-18(17)24/h4-10,13,19-20,27-28H,11-12H2,1-3H3,(H,25,30)(H,26,29). The average molecular weight is 459 g/mol. The fourth-order valence-corrected chi connectivity index (χ4v) is 3.67. The van der Waals surface area contributed by atoms with E-state index in [9.17, 15) is 14.4 Å². The number of carbonyl (C=O) groups is 3. The highest BCUT2D eigenvalue weighted by Crippen LogP contribution is 2.20. The second-order valence-corrected chi connectivity index (χ2v) is 8.40. The molecule has 0 spiro atoms. The third-order valence-corrected chi connectivity index (χ3v) is 5.64. The summed E-state index contributed by atoms with van der Waals surface area (Å²) < 4.78 is 4.82. The molecule has 2 atom stereocenters. The lowest BCUT2D eigenvalue weighted by atomic mass is 9.99. The number of esters is 1. The monoisotopic (exact) mass is 458 g/mol. The Hall–Kier alpha value is -2.94. The van der Waals surface area contributed by atoms with E-state index < -0.39 is 11.9 Å². The molecule has 1 aliphatic rings. The second kappa shape index (κ2) is 10.6. The smallest absolute Gasteiger partial charge is 0.337 e. The van der Waals surface area contributed by atoms with Crippen LogP contribution < -0.4 is 21.5 Å². The average Bonchev–Trinajstić information content (AvgIpc) is 3.28. The van der Waals surface area contributed by atoms with Gasteiger partial charge in [0.1, 0.15) is 6.04 Å². The van der Waals surface area contributed by atoms with Gasteiger partial charge in [0, 0.05) is 18.3 Å². The van der Waals surface area contributed by atoms with Crippen LogP contribution in [-0.4, -0.2) is 37.0 Å². The molecule has 2 aromatic carbocycles. The number of hydrogen-bond acceptors (Lipinski definition) is 6. The number of hydrogen-bond donors (Lipinski definition) is 4. The molecule has 170 valence electrons. The molecule has 3 rings (SSSR count). The van der Waals surface area contributed by atoms with Crippen molar-refractivity contribution in [3.8, 4) is 0 Å². The summed E-state index contributed by atoms with van der Waals surface area (Å²) in [4.78, 5) is 37.3. The van der Waals surface area contributed by atoms with Gasteiger partial charge in [-0.25, -0.2) is 10.2 Å². The molecule has 0 saturated carbocycles. The highest BCUT2D eigenvalue weighted by Gasteiger charge is 2.30. The van der Waals surface area contributed by atoms with Crippen LogP contribution in [0.3, 0.4) is 0 Å². The molecular weight excluding hydrogens is 432 g/mol. The predicted octanol–water partition coefficient (Wildman–Crippen LogP) is 2.89. The number of carbonyl (C=O) groups excluding carboxylic acids is 3. The van der Waals surface area contributed by atoms with Gasteiger partial charge in [-0.1, -0.05) is 37.6 Å².